The van der Waals surface area contributed by atoms with E-state index in [2.05, 4.69) is 26.7 Å². The first-order chi connectivity index (χ1) is 15.7. The fourth-order valence-electron chi connectivity index (χ4n) is 3.53. The van der Waals surface area contributed by atoms with Crippen molar-refractivity contribution in [1.82, 2.24) is 24.6 Å². The maximum absolute atomic E-state index is 12.8. The minimum Gasteiger partial charge on any atom is -0.444 e. The summed E-state index contributed by atoms with van der Waals surface area (Å²) in [7, 11) is 0. The molecule has 10 nitrogen and oxygen atoms in total. The summed E-state index contributed by atoms with van der Waals surface area (Å²) in [6.07, 6.45) is 5.26. The van der Waals surface area contributed by atoms with Crippen LogP contribution in [0.25, 0.3) is 5.65 Å². The molecule has 2 N–H and O–H groups in total. The molecule has 1 atom stereocenters. The first kappa shape index (κ1) is 22.1. The van der Waals surface area contributed by atoms with Gasteiger partial charge in [-0.2, -0.15) is 5.26 Å². The number of rotatable bonds is 4. The maximum atomic E-state index is 12.8. The molecule has 3 aromatic rings. The van der Waals surface area contributed by atoms with Crippen LogP contribution >= 0.6 is 0 Å². The van der Waals surface area contributed by atoms with Crippen LogP contribution < -0.4 is 10.6 Å². The Hall–Kier alpha value is -4.13. The number of hydrogen-bond donors (Lipinski definition) is 2. The third-order valence-corrected chi connectivity index (χ3v) is 5.03. The summed E-state index contributed by atoms with van der Waals surface area (Å²) in [5.74, 6) is 0.762. The summed E-state index contributed by atoms with van der Waals surface area (Å²) in [5, 5.41) is 15.1. The number of pyridine rings is 2. The Labute approximate surface area is 191 Å². The number of amides is 2. The topological polar surface area (TPSA) is 125 Å². The fourth-order valence-corrected chi connectivity index (χ4v) is 3.53. The van der Waals surface area contributed by atoms with Crippen molar-refractivity contribution in [1.29, 1.82) is 5.26 Å². The number of anilines is 2. The summed E-state index contributed by atoms with van der Waals surface area (Å²) in [5.41, 5.74) is 1.10. The van der Waals surface area contributed by atoms with Gasteiger partial charge in [-0.25, -0.2) is 14.8 Å². The van der Waals surface area contributed by atoms with Gasteiger partial charge in [0.15, 0.2) is 5.82 Å². The van der Waals surface area contributed by atoms with E-state index in [4.69, 9.17) is 10.00 Å². The van der Waals surface area contributed by atoms with E-state index in [0.717, 1.165) is 0 Å². The zero-order valence-corrected chi connectivity index (χ0v) is 18.7. The number of imidazole rings is 1. The second-order valence-corrected chi connectivity index (χ2v) is 8.86. The van der Waals surface area contributed by atoms with Gasteiger partial charge in [-0.15, -0.1) is 0 Å². The lowest BCUT2D eigenvalue weighted by atomic mass is 10.2. The van der Waals surface area contributed by atoms with Crippen molar-refractivity contribution in [2.24, 2.45) is 0 Å². The smallest absolute Gasteiger partial charge is 0.410 e. The highest BCUT2D eigenvalue weighted by Gasteiger charge is 2.30. The molecule has 1 fully saturated rings. The highest BCUT2D eigenvalue weighted by atomic mass is 16.6. The molecule has 4 heterocycles. The summed E-state index contributed by atoms with van der Waals surface area (Å²) < 4.78 is 7.14. The molecule has 33 heavy (non-hydrogen) atoms. The van der Waals surface area contributed by atoms with E-state index in [1.807, 2.05) is 20.8 Å². The highest BCUT2D eigenvalue weighted by molar-refractivity contribution is 5.95. The summed E-state index contributed by atoms with van der Waals surface area (Å²) in [6, 6.07) is 8.66. The molecule has 1 saturated heterocycles. The average Bonchev–Trinajstić information content (AvgIpc) is 3.38. The number of nitrogens with one attached hydrogen (secondary N) is 2. The van der Waals surface area contributed by atoms with Crippen molar-refractivity contribution in [2.45, 2.75) is 38.8 Å². The van der Waals surface area contributed by atoms with Crippen molar-refractivity contribution in [3.8, 4) is 6.07 Å². The van der Waals surface area contributed by atoms with E-state index >= 15 is 0 Å². The Balaban J connectivity index is 1.38. The number of aromatic nitrogens is 3. The second kappa shape index (κ2) is 8.78. The van der Waals surface area contributed by atoms with E-state index in [1.165, 1.54) is 0 Å². The van der Waals surface area contributed by atoms with E-state index in [9.17, 15) is 9.59 Å². The van der Waals surface area contributed by atoms with E-state index in [1.54, 1.807) is 52.2 Å². The van der Waals surface area contributed by atoms with Gasteiger partial charge < -0.3 is 24.7 Å². The lowest BCUT2D eigenvalue weighted by Gasteiger charge is -2.24. The van der Waals surface area contributed by atoms with Crippen molar-refractivity contribution in [3.63, 3.8) is 0 Å². The van der Waals surface area contributed by atoms with Crippen LogP contribution in [-0.2, 0) is 4.74 Å². The molecular formula is C23H25N7O3. The maximum Gasteiger partial charge on any atom is 0.410 e. The molecule has 1 aliphatic rings. The number of nitrogens with zero attached hydrogens (tertiary/aromatic N) is 5. The number of carbonyl (C=O) groups is 2. The lowest BCUT2D eigenvalue weighted by Crippen LogP contribution is -2.40. The standard InChI is InChI=1S/C23H25N7O3/c1-23(2,3)33-22(32)29-9-7-17(13-29)26-21(31)16-6-8-25-18(10-16)27-19-14-30-12-15(11-24)4-5-20(30)28-19/h4-6,8,10,12,14,17H,7,9,13H2,1-3H3,(H,25,27)(H,26,31). The minimum absolute atomic E-state index is 0.151. The van der Waals surface area contributed by atoms with Crippen LogP contribution in [0.15, 0.2) is 42.9 Å². The van der Waals surface area contributed by atoms with Crippen molar-refractivity contribution in [2.75, 3.05) is 18.4 Å². The van der Waals surface area contributed by atoms with Gasteiger partial charge >= 0.3 is 6.09 Å². The van der Waals surface area contributed by atoms with Crippen LogP contribution in [0.2, 0.25) is 0 Å². The van der Waals surface area contributed by atoms with Gasteiger partial charge in [0, 0.05) is 37.1 Å². The average molecular weight is 447 g/mol. The van der Waals surface area contributed by atoms with E-state index in [0.29, 0.717) is 47.9 Å². The number of likely N-dealkylation sites (tertiary alicyclic amines) is 1. The van der Waals surface area contributed by atoms with Gasteiger partial charge in [0.2, 0.25) is 0 Å². The van der Waals surface area contributed by atoms with Gasteiger partial charge in [-0.3, -0.25) is 4.79 Å². The van der Waals surface area contributed by atoms with Crippen molar-refractivity contribution < 1.29 is 14.3 Å². The SMILES string of the molecule is CC(C)(C)OC(=O)N1CCC(NC(=O)c2ccnc(Nc3cn4cc(C#N)ccc4n3)c2)C1. The molecule has 4 rings (SSSR count). The predicted octanol–water partition coefficient (Wildman–Crippen LogP) is 3.08. The van der Waals surface area contributed by atoms with Crippen LogP contribution in [0, 0.1) is 11.3 Å². The molecule has 2 amide bonds. The van der Waals surface area contributed by atoms with Crippen molar-refractivity contribution >= 4 is 29.3 Å². The van der Waals surface area contributed by atoms with Crippen molar-refractivity contribution in [3.05, 3.63) is 54.0 Å². The summed E-state index contributed by atoms with van der Waals surface area (Å²) in [4.78, 5) is 35.3. The molecule has 0 spiro atoms. The highest BCUT2D eigenvalue weighted by Crippen LogP contribution is 2.18. The Kier molecular flexibility index (Phi) is 5.87. The zero-order chi connectivity index (χ0) is 23.6. The Morgan fingerprint density at radius 1 is 1.21 bits per heavy atom. The van der Waals surface area contributed by atoms with Crippen LogP contribution in [0.1, 0.15) is 43.1 Å². The number of fused-ring (bicyclic) bond motifs is 1. The largest absolute Gasteiger partial charge is 0.444 e. The lowest BCUT2D eigenvalue weighted by molar-refractivity contribution is 0.0290. The molecule has 3 aromatic heterocycles. The molecule has 0 saturated carbocycles. The predicted molar refractivity (Wildman–Crippen MR) is 121 cm³/mol. The van der Waals surface area contributed by atoms with Crippen LogP contribution in [0.5, 0.6) is 0 Å². The fraction of sp³-hybridized carbons (Fsp3) is 0.348. The first-order valence-electron chi connectivity index (χ1n) is 10.6. The van der Waals surface area contributed by atoms with E-state index < -0.39 is 5.60 Å². The van der Waals surface area contributed by atoms with Gasteiger partial charge in [-0.05, 0) is 51.5 Å². The zero-order valence-electron chi connectivity index (χ0n) is 18.7. The van der Waals surface area contributed by atoms with Gasteiger partial charge in [-0.1, -0.05) is 0 Å². The third-order valence-electron chi connectivity index (χ3n) is 5.03. The van der Waals surface area contributed by atoms with Gasteiger partial charge in [0.1, 0.15) is 23.1 Å². The number of nitriles is 1. The molecule has 0 radical (unpaired) electrons. The second-order valence-electron chi connectivity index (χ2n) is 8.86. The van der Waals surface area contributed by atoms with Gasteiger partial charge in [0.05, 0.1) is 11.8 Å². The molecular weight excluding hydrogens is 422 g/mol. The molecule has 10 heteroatoms. The van der Waals surface area contributed by atoms with E-state index in [-0.39, 0.29) is 18.0 Å². The van der Waals surface area contributed by atoms with Gasteiger partial charge in [0.25, 0.3) is 5.91 Å². The molecule has 1 unspecified atom stereocenters. The molecule has 0 aromatic carbocycles. The molecule has 1 aliphatic heterocycles. The third kappa shape index (κ3) is 5.38. The molecule has 0 bridgehead atoms. The Morgan fingerprint density at radius 3 is 2.79 bits per heavy atom. The normalized spacial score (nSPS) is 15.8. The van der Waals surface area contributed by atoms with Crippen LogP contribution in [0.4, 0.5) is 16.4 Å². The summed E-state index contributed by atoms with van der Waals surface area (Å²) >= 11 is 0. The monoisotopic (exact) mass is 447 g/mol. The minimum atomic E-state index is -0.558. The van der Waals surface area contributed by atoms with Crippen LogP contribution in [0.3, 0.4) is 0 Å². The molecule has 0 aliphatic carbocycles. The number of carbonyl (C=O) groups excluding carboxylic acids is 2. The summed E-state index contributed by atoms with van der Waals surface area (Å²) in [6.45, 7) is 6.41. The molecule has 170 valence electrons. The quantitative estimate of drug-likeness (QED) is 0.630. The Bertz CT molecular complexity index is 1240. The number of ether oxygens (including phenoxy) is 1. The van der Waals surface area contributed by atoms with Crippen LogP contribution in [-0.4, -0.2) is 56.0 Å². The first-order valence-corrected chi connectivity index (χ1v) is 10.6. The Morgan fingerprint density at radius 2 is 2.03 bits per heavy atom. The number of hydrogen-bond acceptors (Lipinski definition) is 7.